The molecule has 1 N–H and O–H groups in total. The minimum absolute atomic E-state index is 0.0579. The summed E-state index contributed by atoms with van der Waals surface area (Å²) in [4.78, 5) is 14.9. The summed E-state index contributed by atoms with van der Waals surface area (Å²) < 4.78 is 1.72. The van der Waals surface area contributed by atoms with E-state index in [1.54, 1.807) is 4.68 Å². The fourth-order valence-electron chi connectivity index (χ4n) is 3.95. The first kappa shape index (κ1) is 20.9. The van der Waals surface area contributed by atoms with Crippen molar-refractivity contribution in [2.45, 2.75) is 13.0 Å². The predicted octanol–water partition coefficient (Wildman–Crippen LogP) is 4.72. The second-order valence-corrected chi connectivity index (χ2v) is 8.28. The van der Waals surface area contributed by atoms with E-state index >= 15 is 0 Å². The van der Waals surface area contributed by atoms with Gasteiger partial charge in [-0.2, -0.15) is 4.68 Å². The Morgan fingerprint density at radius 1 is 1.03 bits per heavy atom. The second kappa shape index (κ2) is 8.88. The Morgan fingerprint density at radius 2 is 1.82 bits per heavy atom. The van der Waals surface area contributed by atoms with Crippen LogP contribution in [0.1, 0.15) is 22.7 Å². The summed E-state index contributed by atoms with van der Waals surface area (Å²) in [5.74, 6) is 0.331. The van der Waals surface area contributed by atoms with Gasteiger partial charge in [-0.25, -0.2) is 0 Å². The Hall–Kier alpha value is -3.97. The van der Waals surface area contributed by atoms with Crippen molar-refractivity contribution in [2.75, 3.05) is 16.8 Å². The first-order chi connectivity index (χ1) is 16.1. The summed E-state index contributed by atoms with van der Waals surface area (Å²) in [6.45, 7) is 2.05. The molecule has 1 aliphatic rings. The third-order valence-corrected chi connectivity index (χ3v) is 5.72. The number of amides is 1. The molecular formula is C25H21ClN6O. The molecule has 0 aliphatic carbocycles. The van der Waals surface area contributed by atoms with Crippen molar-refractivity contribution in [3.05, 3.63) is 107 Å². The number of hydrogen-bond acceptors (Lipinski definition) is 5. The average molecular weight is 457 g/mol. The molecular weight excluding hydrogens is 436 g/mol. The van der Waals surface area contributed by atoms with Crippen LogP contribution >= 0.6 is 11.6 Å². The molecule has 1 aromatic heterocycles. The average Bonchev–Trinajstić information content (AvgIpc) is 3.31. The number of benzene rings is 3. The Balaban J connectivity index is 1.53. The second-order valence-electron chi connectivity index (χ2n) is 7.84. The van der Waals surface area contributed by atoms with E-state index in [1.807, 2.05) is 90.7 Å². The van der Waals surface area contributed by atoms with Crippen molar-refractivity contribution >= 4 is 34.8 Å². The number of carbonyl (C=O) groups excluding carboxylic acids is 1. The molecule has 0 spiro atoms. The van der Waals surface area contributed by atoms with Crippen LogP contribution in [0.4, 0.5) is 11.6 Å². The summed E-state index contributed by atoms with van der Waals surface area (Å²) in [5, 5.41) is 16.0. The number of allylic oxidation sites excluding steroid dienone is 1. The van der Waals surface area contributed by atoms with Gasteiger partial charge in [0.15, 0.2) is 0 Å². The molecule has 164 valence electrons. The highest BCUT2D eigenvalue weighted by Crippen LogP contribution is 2.36. The number of nitrogens with zero attached hydrogens (tertiary/aromatic N) is 5. The van der Waals surface area contributed by atoms with Gasteiger partial charge in [-0.1, -0.05) is 71.3 Å². The molecule has 33 heavy (non-hydrogen) atoms. The lowest BCUT2D eigenvalue weighted by molar-refractivity contribution is -0.114. The van der Waals surface area contributed by atoms with Gasteiger partial charge < -0.3 is 5.32 Å². The number of aromatic nitrogens is 4. The number of anilines is 2. The minimum atomic E-state index is -0.237. The first-order valence-corrected chi connectivity index (χ1v) is 10.9. The van der Waals surface area contributed by atoms with E-state index in [2.05, 4.69) is 26.9 Å². The van der Waals surface area contributed by atoms with Gasteiger partial charge in [-0.3, -0.25) is 9.69 Å². The zero-order chi connectivity index (χ0) is 22.8. The lowest BCUT2D eigenvalue weighted by Gasteiger charge is -2.32. The van der Waals surface area contributed by atoms with Crippen LogP contribution in [-0.4, -0.2) is 32.7 Å². The Morgan fingerprint density at radius 3 is 2.58 bits per heavy atom. The number of rotatable bonds is 5. The van der Waals surface area contributed by atoms with Gasteiger partial charge >= 0.3 is 0 Å². The Labute approximate surface area is 196 Å². The van der Waals surface area contributed by atoms with Crippen LogP contribution in [0, 0.1) is 6.92 Å². The maximum atomic E-state index is 13.0. The minimum Gasteiger partial charge on any atom is -0.325 e. The van der Waals surface area contributed by atoms with E-state index in [9.17, 15) is 4.79 Å². The van der Waals surface area contributed by atoms with Gasteiger partial charge in [-0.05, 0) is 64.4 Å². The molecule has 0 saturated heterocycles. The number of nitrogens with one attached hydrogen (secondary N) is 1. The molecule has 1 amide bonds. The molecule has 2 heterocycles. The standard InChI is InChI=1S/C25H21ClN6O/c1-17-6-5-9-21(14-17)27-24(33)16-31-22(18-7-3-2-4-8-18)15-23(32-25(31)28-29-30-32)19-10-12-20(26)13-11-19/h2-15,23H,16H2,1H3,(H,27,33)/t23-/m1/s1. The highest BCUT2D eigenvalue weighted by atomic mass is 35.5. The van der Waals surface area contributed by atoms with Crippen molar-refractivity contribution in [3.63, 3.8) is 0 Å². The zero-order valence-corrected chi connectivity index (χ0v) is 18.6. The number of tetrazole rings is 1. The first-order valence-electron chi connectivity index (χ1n) is 10.5. The van der Waals surface area contributed by atoms with Gasteiger partial charge in [0, 0.05) is 10.7 Å². The molecule has 7 nitrogen and oxygen atoms in total. The Bertz CT molecular complexity index is 1320. The largest absolute Gasteiger partial charge is 0.325 e. The maximum Gasteiger partial charge on any atom is 0.251 e. The van der Waals surface area contributed by atoms with Crippen LogP contribution in [0.3, 0.4) is 0 Å². The topological polar surface area (TPSA) is 75.9 Å². The molecule has 0 saturated carbocycles. The van der Waals surface area contributed by atoms with E-state index in [0.717, 1.165) is 28.1 Å². The van der Waals surface area contributed by atoms with Crippen molar-refractivity contribution in [1.29, 1.82) is 0 Å². The smallest absolute Gasteiger partial charge is 0.251 e. The lowest BCUT2D eigenvalue weighted by Crippen LogP contribution is -2.37. The molecule has 0 unspecified atom stereocenters. The van der Waals surface area contributed by atoms with Crippen LogP contribution in [0.15, 0.2) is 84.9 Å². The number of carbonyl (C=O) groups is 1. The summed E-state index contributed by atoms with van der Waals surface area (Å²) in [5.41, 5.74) is 4.64. The number of aryl methyl sites for hydroxylation is 1. The summed E-state index contributed by atoms with van der Waals surface area (Å²) in [7, 11) is 0. The molecule has 8 heteroatoms. The molecule has 1 atom stereocenters. The zero-order valence-electron chi connectivity index (χ0n) is 17.9. The molecule has 0 bridgehead atoms. The maximum absolute atomic E-state index is 13.0. The van der Waals surface area contributed by atoms with Crippen LogP contribution in [0.5, 0.6) is 0 Å². The molecule has 0 fully saturated rings. The van der Waals surface area contributed by atoms with Gasteiger partial charge in [0.05, 0.1) is 5.70 Å². The van der Waals surface area contributed by atoms with Crippen LogP contribution < -0.4 is 10.2 Å². The van der Waals surface area contributed by atoms with Crippen LogP contribution in [0.2, 0.25) is 5.02 Å². The van der Waals surface area contributed by atoms with Crippen molar-refractivity contribution in [1.82, 2.24) is 20.2 Å². The number of hydrogen-bond donors (Lipinski definition) is 1. The number of halogens is 1. The SMILES string of the molecule is Cc1cccc(NC(=O)CN2C(c3ccccc3)=C[C@H](c3ccc(Cl)cc3)n3nnnc32)c1. The van der Waals surface area contributed by atoms with E-state index in [0.29, 0.717) is 11.0 Å². The van der Waals surface area contributed by atoms with E-state index in [4.69, 9.17) is 11.6 Å². The fraction of sp³-hybridized carbons (Fsp3) is 0.120. The van der Waals surface area contributed by atoms with Gasteiger partial charge in [0.25, 0.3) is 5.95 Å². The van der Waals surface area contributed by atoms with Crippen LogP contribution in [0.25, 0.3) is 5.70 Å². The van der Waals surface area contributed by atoms with Crippen LogP contribution in [-0.2, 0) is 4.79 Å². The van der Waals surface area contributed by atoms with Gasteiger partial charge in [0.2, 0.25) is 5.91 Å². The highest BCUT2D eigenvalue weighted by molar-refractivity contribution is 6.30. The van der Waals surface area contributed by atoms with Gasteiger partial charge in [-0.15, -0.1) is 0 Å². The molecule has 1 aliphatic heterocycles. The van der Waals surface area contributed by atoms with Crippen molar-refractivity contribution < 1.29 is 4.79 Å². The quantitative estimate of drug-likeness (QED) is 0.470. The number of fused-ring (bicyclic) bond motifs is 1. The highest BCUT2D eigenvalue weighted by Gasteiger charge is 2.31. The third kappa shape index (κ3) is 4.36. The lowest BCUT2D eigenvalue weighted by atomic mass is 10.0. The third-order valence-electron chi connectivity index (χ3n) is 5.47. The van der Waals surface area contributed by atoms with Gasteiger partial charge in [0.1, 0.15) is 12.6 Å². The summed E-state index contributed by atoms with van der Waals surface area (Å²) in [6, 6.07) is 25.0. The normalized spacial score (nSPS) is 15.0. The van der Waals surface area contributed by atoms with E-state index in [1.165, 1.54) is 0 Å². The molecule has 5 rings (SSSR count). The summed E-state index contributed by atoms with van der Waals surface area (Å²) in [6.07, 6.45) is 2.07. The van der Waals surface area contributed by atoms with E-state index in [-0.39, 0.29) is 18.5 Å². The molecule has 0 radical (unpaired) electrons. The fourth-order valence-corrected chi connectivity index (χ4v) is 4.07. The molecule has 4 aromatic rings. The molecule has 3 aromatic carbocycles. The predicted molar refractivity (Wildman–Crippen MR) is 129 cm³/mol. The van der Waals surface area contributed by atoms with Crippen molar-refractivity contribution in [3.8, 4) is 0 Å². The Kier molecular flexibility index (Phi) is 5.62. The van der Waals surface area contributed by atoms with E-state index < -0.39 is 0 Å². The monoisotopic (exact) mass is 456 g/mol. The van der Waals surface area contributed by atoms with Crippen molar-refractivity contribution in [2.24, 2.45) is 0 Å². The summed E-state index contributed by atoms with van der Waals surface area (Å²) >= 11 is 6.10.